The molecule has 1 aliphatic rings. The molecule has 1 aromatic rings. The fraction of sp³-hybridized carbons (Fsp3) is 0.500. The Morgan fingerprint density at radius 1 is 1.14 bits per heavy atom. The molecule has 0 saturated carbocycles. The summed E-state index contributed by atoms with van der Waals surface area (Å²) in [5, 5.41) is 1.55. The Bertz CT molecular complexity index is 514. The standard InChI is InChI=1S/C16H22N2O3/c1-16(2,3)13-6-4-5-7-14(13)17-8-10-18(11-9-17)21-15(20)12-19/h4-7,12H,8-11H2,1-3H3. The van der Waals surface area contributed by atoms with Gasteiger partial charge >= 0.3 is 5.97 Å². The first-order chi connectivity index (χ1) is 9.91. The van der Waals surface area contributed by atoms with Crippen LogP contribution in [0.3, 0.4) is 0 Å². The van der Waals surface area contributed by atoms with Crippen LogP contribution in [0.15, 0.2) is 24.3 Å². The second-order valence-corrected chi connectivity index (χ2v) is 6.21. The zero-order valence-corrected chi connectivity index (χ0v) is 12.8. The molecular formula is C16H22N2O3. The summed E-state index contributed by atoms with van der Waals surface area (Å²) in [6, 6.07) is 8.40. The van der Waals surface area contributed by atoms with Crippen LogP contribution < -0.4 is 4.90 Å². The van der Waals surface area contributed by atoms with Gasteiger partial charge in [0.25, 0.3) is 0 Å². The number of hydroxylamine groups is 2. The van der Waals surface area contributed by atoms with E-state index in [0.29, 0.717) is 13.1 Å². The summed E-state index contributed by atoms with van der Waals surface area (Å²) in [6.45, 7) is 9.32. The summed E-state index contributed by atoms with van der Waals surface area (Å²) < 4.78 is 0. The molecule has 1 aliphatic heterocycles. The SMILES string of the molecule is CC(C)(C)c1ccccc1N1CCN(OC(=O)C=O)CC1. The van der Waals surface area contributed by atoms with Crippen molar-refractivity contribution in [3.05, 3.63) is 29.8 Å². The maximum absolute atomic E-state index is 11.0. The molecule has 0 bridgehead atoms. The number of anilines is 1. The third-order valence-corrected chi connectivity index (χ3v) is 3.61. The predicted octanol–water partition coefficient (Wildman–Crippen LogP) is 1.76. The molecule has 5 nitrogen and oxygen atoms in total. The molecule has 5 heteroatoms. The molecule has 1 fully saturated rings. The number of carbonyl (C=O) groups is 2. The second-order valence-electron chi connectivity index (χ2n) is 6.21. The Morgan fingerprint density at radius 2 is 1.76 bits per heavy atom. The van der Waals surface area contributed by atoms with Crippen LogP contribution in [0.1, 0.15) is 26.3 Å². The summed E-state index contributed by atoms with van der Waals surface area (Å²) in [6.07, 6.45) is 0.196. The minimum absolute atomic E-state index is 0.0811. The third kappa shape index (κ3) is 3.82. The molecule has 0 spiro atoms. The largest absolute Gasteiger partial charge is 0.390 e. The highest BCUT2D eigenvalue weighted by atomic mass is 16.7. The highest BCUT2D eigenvalue weighted by molar-refractivity contribution is 6.20. The molecule has 0 amide bonds. The van der Waals surface area contributed by atoms with E-state index >= 15 is 0 Å². The van der Waals surface area contributed by atoms with E-state index in [1.807, 2.05) is 6.07 Å². The van der Waals surface area contributed by atoms with Crippen LogP contribution in [0.4, 0.5) is 5.69 Å². The van der Waals surface area contributed by atoms with E-state index in [2.05, 4.69) is 43.9 Å². The van der Waals surface area contributed by atoms with Crippen LogP contribution in [-0.4, -0.2) is 43.5 Å². The highest BCUT2D eigenvalue weighted by Gasteiger charge is 2.25. The monoisotopic (exact) mass is 290 g/mol. The lowest BCUT2D eigenvalue weighted by Crippen LogP contribution is -2.47. The summed E-state index contributed by atoms with van der Waals surface area (Å²) in [4.78, 5) is 28.5. The smallest absolute Gasteiger partial charge is 0.368 e. The van der Waals surface area contributed by atoms with E-state index in [1.165, 1.54) is 11.3 Å². The molecule has 21 heavy (non-hydrogen) atoms. The zero-order chi connectivity index (χ0) is 15.5. The fourth-order valence-corrected chi connectivity index (χ4v) is 2.55. The lowest BCUT2D eigenvalue weighted by molar-refractivity contribution is -0.190. The number of piperazine rings is 1. The topological polar surface area (TPSA) is 49.9 Å². The van der Waals surface area contributed by atoms with Crippen molar-refractivity contribution in [3.8, 4) is 0 Å². The van der Waals surface area contributed by atoms with E-state index in [1.54, 1.807) is 5.06 Å². The second kappa shape index (κ2) is 6.26. The van der Waals surface area contributed by atoms with Crippen molar-refractivity contribution in [2.24, 2.45) is 0 Å². The van der Waals surface area contributed by atoms with Crippen molar-refractivity contribution in [2.45, 2.75) is 26.2 Å². The van der Waals surface area contributed by atoms with Gasteiger partial charge in [-0.05, 0) is 17.0 Å². The Labute approximate surface area is 125 Å². The van der Waals surface area contributed by atoms with Gasteiger partial charge in [-0.1, -0.05) is 39.0 Å². The number of nitrogens with zero attached hydrogens (tertiary/aromatic N) is 2. The van der Waals surface area contributed by atoms with Gasteiger partial charge in [0, 0.05) is 18.8 Å². The van der Waals surface area contributed by atoms with Gasteiger partial charge in [0.2, 0.25) is 6.29 Å². The predicted molar refractivity (Wildman–Crippen MR) is 81.1 cm³/mol. The molecule has 1 saturated heterocycles. The van der Waals surface area contributed by atoms with Gasteiger partial charge in [0.05, 0.1) is 13.1 Å². The fourth-order valence-electron chi connectivity index (χ4n) is 2.55. The first-order valence-electron chi connectivity index (χ1n) is 7.18. The van der Waals surface area contributed by atoms with Gasteiger partial charge in [-0.2, -0.15) is 0 Å². The van der Waals surface area contributed by atoms with E-state index in [9.17, 15) is 9.59 Å². The van der Waals surface area contributed by atoms with Crippen LogP contribution in [0.25, 0.3) is 0 Å². The van der Waals surface area contributed by atoms with Crippen molar-refractivity contribution in [1.82, 2.24) is 5.06 Å². The van der Waals surface area contributed by atoms with Crippen molar-refractivity contribution >= 4 is 17.9 Å². The van der Waals surface area contributed by atoms with Gasteiger partial charge in [-0.15, -0.1) is 5.06 Å². The quantitative estimate of drug-likeness (QED) is 0.627. The average Bonchev–Trinajstić information content (AvgIpc) is 2.47. The van der Waals surface area contributed by atoms with Gasteiger partial charge in [-0.3, -0.25) is 4.79 Å². The zero-order valence-electron chi connectivity index (χ0n) is 12.8. The number of carbonyl (C=O) groups excluding carboxylic acids is 2. The number of rotatable bonds is 3. The molecular weight excluding hydrogens is 268 g/mol. The van der Waals surface area contributed by atoms with Crippen LogP contribution in [-0.2, 0) is 19.8 Å². The Kier molecular flexibility index (Phi) is 4.63. The first kappa shape index (κ1) is 15.5. The molecule has 114 valence electrons. The molecule has 0 aliphatic carbocycles. The van der Waals surface area contributed by atoms with Crippen molar-refractivity contribution in [1.29, 1.82) is 0 Å². The number of hydrogen-bond acceptors (Lipinski definition) is 5. The summed E-state index contributed by atoms with van der Waals surface area (Å²) >= 11 is 0. The van der Waals surface area contributed by atoms with Crippen molar-refractivity contribution < 1.29 is 14.4 Å². The van der Waals surface area contributed by atoms with Crippen molar-refractivity contribution in [2.75, 3.05) is 31.1 Å². The molecule has 1 aromatic carbocycles. The normalized spacial score (nSPS) is 16.6. The molecule has 0 N–H and O–H groups in total. The van der Waals surface area contributed by atoms with Gasteiger partial charge in [0.15, 0.2) is 0 Å². The Morgan fingerprint density at radius 3 is 2.33 bits per heavy atom. The summed E-state index contributed by atoms with van der Waals surface area (Å²) in [5.74, 6) is -0.835. The maximum Gasteiger partial charge on any atom is 0.390 e. The van der Waals surface area contributed by atoms with Crippen LogP contribution >= 0.6 is 0 Å². The lowest BCUT2D eigenvalue weighted by Gasteiger charge is -2.37. The maximum atomic E-state index is 11.0. The first-order valence-corrected chi connectivity index (χ1v) is 7.18. The van der Waals surface area contributed by atoms with E-state index in [4.69, 9.17) is 4.84 Å². The average molecular weight is 290 g/mol. The van der Waals surface area contributed by atoms with E-state index in [0.717, 1.165) is 13.1 Å². The molecule has 0 atom stereocenters. The number of benzene rings is 1. The number of para-hydroxylation sites is 1. The van der Waals surface area contributed by atoms with Crippen LogP contribution in [0.2, 0.25) is 0 Å². The Hall–Kier alpha value is -1.88. The van der Waals surface area contributed by atoms with Crippen LogP contribution in [0.5, 0.6) is 0 Å². The Balaban J connectivity index is 2.06. The molecule has 1 heterocycles. The molecule has 0 aromatic heterocycles. The van der Waals surface area contributed by atoms with E-state index < -0.39 is 5.97 Å². The third-order valence-electron chi connectivity index (χ3n) is 3.61. The van der Waals surface area contributed by atoms with Gasteiger partial charge in [-0.25, -0.2) is 4.79 Å². The minimum Gasteiger partial charge on any atom is -0.368 e. The van der Waals surface area contributed by atoms with E-state index in [-0.39, 0.29) is 11.7 Å². The lowest BCUT2D eigenvalue weighted by atomic mass is 9.85. The number of aldehydes is 1. The summed E-state index contributed by atoms with van der Waals surface area (Å²) in [7, 11) is 0. The van der Waals surface area contributed by atoms with Crippen LogP contribution in [0, 0.1) is 0 Å². The summed E-state index contributed by atoms with van der Waals surface area (Å²) in [5.41, 5.74) is 2.62. The minimum atomic E-state index is -0.835. The van der Waals surface area contributed by atoms with Gasteiger partial charge < -0.3 is 9.74 Å². The van der Waals surface area contributed by atoms with Crippen molar-refractivity contribution in [3.63, 3.8) is 0 Å². The molecule has 2 rings (SSSR count). The molecule has 0 unspecified atom stereocenters. The van der Waals surface area contributed by atoms with Gasteiger partial charge in [0.1, 0.15) is 0 Å². The molecule has 0 radical (unpaired) electrons. The highest BCUT2D eigenvalue weighted by Crippen LogP contribution is 2.32. The number of hydrogen-bond donors (Lipinski definition) is 0.